The monoisotopic (exact) mass is 254 g/mol. The maximum Gasteiger partial charge on any atom is 0.337 e. The van der Waals surface area contributed by atoms with Crippen LogP contribution in [0.1, 0.15) is 52.8 Å². The predicted molar refractivity (Wildman–Crippen MR) is 70.2 cm³/mol. The van der Waals surface area contributed by atoms with E-state index in [0.29, 0.717) is 17.4 Å². The van der Waals surface area contributed by atoms with Gasteiger partial charge in [0.2, 0.25) is 0 Å². The summed E-state index contributed by atoms with van der Waals surface area (Å²) in [6.07, 6.45) is 3.68. The Bertz CT molecular complexity index is 696. The fourth-order valence-corrected chi connectivity index (χ4v) is 3.41. The van der Waals surface area contributed by atoms with Crippen LogP contribution in [0.3, 0.4) is 0 Å². The molecule has 19 heavy (non-hydrogen) atoms. The van der Waals surface area contributed by atoms with Gasteiger partial charge in [0.15, 0.2) is 0 Å². The van der Waals surface area contributed by atoms with Crippen molar-refractivity contribution >= 4 is 17.0 Å². The largest absolute Gasteiger partial charge is 0.465 e. The summed E-state index contributed by atoms with van der Waals surface area (Å²) in [5, 5.41) is 0. The number of carbonyl (C=O) groups excluding carboxylic acids is 1. The van der Waals surface area contributed by atoms with Crippen molar-refractivity contribution in [1.29, 1.82) is 0 Å². The van der Waals surface area contributed by atoms with Gasteiger partial charge in [-0.05, 0) is 37.5 Å². The summed E-state index contributed by atoms with van der Waals surface area (Å²) in [5.74, 6) is 0.863. The van der Waals surface area contributed by atoms with E-state index in [1.807, 2.05) is 6.07 Å². The molecule has 2 aliphatic carbocycles. The number of aromatic nitrogens is 2. The molecule has 1 saturated carbocycles. The number of ether oxygens (including phenoxy) is 1. The van der Waals surface area contributed by atoms with Crippen LogP contribution in [0.25, 0.3) is 11.0 Å². The van der Waals surface area contributed by atoms with Crippen LogP contribution in [0.2, 0.25) is 0 Å². The average molecular weight is 254 g/mol. The highest BCUT2D eigenvalue weighted by Gasteiger charge is 2.39. The van der Waals surface area contributed by atoms with Crippen molar-refractivity contribution in [2.24, 2.45) is 0 Å². The zero-order valence-corrected chi connectivity index (χ0v) is 10.7. The second-order valence-electron chi connectivity index (χ2n) is 5.40. The van der Waals surface area contributed by atoms with E-state index >= 15 is 0 Å². The third kappa shape index (κ3) is 1.49. The van der Waals surface area contributed by atoms with E-state index in [2.05, 4.69) is 0 Å². The molecule has 1 heterocycles. The van der Waals surface area contributed by atoms with Crippen molar-refractivity contribution in [2.75, 3.05) is 7.11 Å². The molecule has 4 nitrogen and oxygen atoms in total. The minimum atomic E-state index is -0.328. The van der Waals surface area contributed by atoms with Crippen molar-refractivity contribution in [3.63, 3.8) is 0 Å². The number of hydrogen-bond acceptors (Lipinski definition) is 4. The van der Waals surface area contributed by atoms with Gasteiger partial charge >= 0.3 is 5.97 Å². The van der Waals surface area contributed by atoms with Crippen molar-refractivity contribution in [1.82, 2.24) is 9.97 Å². The summed E-state index contributed by atoms with van der Waals surface area (Å²) in [5.41, 5.74) is 4.56. The summed E-state index contributed by atoms with van der Waals surface area (Å²) in [6, 6.07) is 5.39. The Kier molecular flexibility index (Phi) is 2.16. The van der Waals surface area contributed by atoms with Crippen LogP contribution >= 0.6 is 0 Å². The lowest BCUT2D eigenvalue weighted by Gasteiger charge is -2.14. The molecule has 4 rings (SSSR count). The maximum atomic E-state index is 11.5. The molecule has 0 amide bonds. The van der Waals surface area contributed by atoms with Crippen LogP contribution in [0.4, 0.5) is 0 Å². The molecular formula is C15H14N2O2. The Labute approximate surface area is 110 Å². The van der Waals surface area contributed by atoms with Gasteiger partial charge in [-0.15, -0.1) is 0 Å². The zero-order valence-electron chi connectivity index (χ0n) is 10.7. The summed E-state index contributed by atoms with van der Waals surface area (Å²) < 4.78 is 4.74. The molecular weight excluding hydrogens is 240 g/mol. The van der Waals surface area contributed by atoms with E-state index < -0.39 is 0 Å². The fraction of sp³-hybridized carbons (Fsp3) is 0.400. The molecule has 4 heteroatoms. The fourth-order valence-electron chi connectivity index (χ4n) is 3.41. The standard InChI is InChI=1S/C15H14N2O2/c1-19-15(18)10-4-5-11-12(7-10)17-14-9-3-2-8(6-9)13(14)16-11/h4-5,7-9H,2-3,6H2,1H3/t8-,9-/m0/s1. The van der Waals surface area contributed by atoms with Crippen molar-refractivity contribution in [3.8, 4) is 0 Å². The number of methoxy groups -OCH3 is 1. The smallest absolute Gasteiger partial charge is 0.337 e. The second kappa shape index (κ2) is 3.76. The zero-order chi connectivity index (χ0) is 13.0. The Morgan fingerprint density at radius 1 is 1.16 bits per heavy atom. The van der Waals surface area contributed by atoms with Crippen LogP contribution < -0.4 is 0 Å². The lowest BCUT2D eigenvalue weighted by atomic mass is 10.00. The predicted octanol–water partition coefficient (Wildman–Crippen LogP) is 2.78. The molecule has 2 atom stereocenters. The number of hydrogen-bond donors (Lipinski definition) is 0. The number of nitrogens with zero attached hydrogens (tertiary/aromatic N) is 2. The molecule has 0 spiro atoms. The number of fused-ring (bicyclic) bond motifs is 6. The van der Waals surface area contributed by atoms with Gasteiger partial charge in [-0.3, -0.25) is 0 Å². The molecule has 0 unspecified atom stereocenters. The third-order valence-electron chi connectivity index (χ3n) is 4.35. The van der Waals surface area contributed by atoms with Crippen LogP contribution in [-0.4, -0.2) is 23.0 Å². The van der Waals surface area contributed by atoms with E-state index in [0.717, 1.165) is 16.7 Å². The highest BCUT2D eigenvalue weighted by molar-refractivity contribution is 5.93. The lowest BCUT2D eigenvalue weighted by Crippen LogP contribution is -2.06. The van der Waals surface area contributed by atoms with Crippen molar-refractivity contribution in [2.45, 2.75) is 31.1 Å². The molecule has 1 fully saturated rings. The summed E-state index contributed by atoms with van der Waals surface area (Å²) in [4.78, 5) is 21.0. The number of carbonyl (C=O) groups is 1. The van der Waals surface area contributed by atoms with Crippen LogP contribution in [-0.2, 0) is 4.74 Å². The Balaban J connectivity index is 1.89. The first-order chi connectivity index (χ1) is 9.26. The molecule has 2 aromatic rings. The summed E-state index contributed by atoms with van der Waals surface area (Å²) in [6.45, 7) is 0. The van der Waals surface area contributed by atoms with Gasteiger partial charge in [0.25, 0.3) is 0 Å². The maximum absolute atomic E-state index is 11.5. The highest BCUT2D eigenvalue weighted by atomic mass is 16.5. The normalized spacial score (nSPS) is 23.6. The SMILES string of the molecule is COC(=O)c1ccc2nc3c(nc2c1)[C@H]1CC[C@H]3C1. The quantitative estimate of drug-likeness (QED) is 0.734. The molecule has 0 radical (unpaired) electrons. The molecule has 0 saturated heterocycles. The molecule has 96 valence electrons. The molecule has 0 N–H and O–H groups in total. The molecule has 2 bridgehead atoms. The number of rotatable bonds is 1. The van der Waals surface area contributed by atoms with E-state index in [1.165, 1.54) is 32.1 Å². The van der Waals surface area contributed by atoms with E-state index in [4.69, 9.17) is 14.7 Å². The van der Waals surface area contributed by atoms with Crippen molar-refractivity contribution < 1.29 is 9.53 Å². The van der Waals surface area contributed by atoms with Crippen LogP contribution in [0.15, 0.2) is 18.2 Å². The van der Waals surface area contributed by atoms with E-state index in [-0.39, 0.29) is 5.97 Å². The molecule has 2 aliphatic rings. The first kappa shape index (κ1) is 10.9. The Morgan fingerprint density at radius 3 is 2.53 bits per heavy atom. The Morgan fingerprint density at radius 2 is 1.84 bits per heavy atom. The van der Waals surface area contributed by atoms with Crippen LogP contribution in [0, 0.1) is 0 Å². The highest BCUT2D eigenvalue weighted by Crippen LogP contribution is 2.51. The first-order valence-electron chi connectivity index (χ1n) is 6.66. The van der Waals surface area contributed by atoms with Gasteiger partial charge in [-0.1, -0.05) is 0 Å². The third-order valence-corrected chi connectivity index (χ3v) is 4.35. The molecule has 1 aromatic heterocycles. The van der Waals surface area contributed by atoms with Gasteiger partial charge in [-0.25, -0.2) is 14.8 Å². The summed E-state index contributed by atoms with van der Waals surface area (Å²) >= 11 is 0. The summed E-state index contributed by atoms with van der Waals surface area (Å²) in [7, 11) is 1.39. The van der Waals surface area contributed by atoms with Gasteiger partial charge in [0.05, 0.1) is 35.1 Å². The first-order valence-corrected chi connectivity index (χ1v) is 6.66. The van der Waals surface area contributed by atoms with Crippen LogP contribution in [0.5, 0.6) is 0 Å². The minimum Gasteiger partial charge on any atom is -0.465 e. The van der Waals surface area contributed by atoms with Crippen molar-refractivity contribution in [3.05, 3.63) is 35.2 Å². The van der Waals surface area contributed by atoms with E-state index in [9.17, 15) is 4.79 Å². The Hall–Kier alpha value is -1.97. The van der Waals surface area contributed by atoms with Gasteiger partial charge in [-0.2, -0.15) is 0 Å². The van der Waals surface area contributed by atoms with Gasteiger partial charge < -0.3 is 4.74 Å². The van der Waals surface area contributed by atoms with E-state index in [1.54, 1.807) is 12.1 Å². The number of esters is 1. The number of benzene rings is 1. The minimum absolute atomic E-state index is 0.328. The second-order valence-corrected chi connectivity index (χ2v) is 5.40. The van der Waals surface area contributed by atoms with Gasteiger partial charge in [0, 0.05) is 11.8 Å². The average Bonchev–Trinajstić information content (AvgIpc) is 3.05. The lowest BCUT2D eigenvalue weighted by molar-refractivity contribution is 0.0601. The van der Waals surface area contributed by atoms with Gasteiger partial charge in [0.1, 0.15) is 0 Å². The molecule has 1 aromatic carbocycles. The molecule has 0 aliphatic heterocycles. The topological polar surface area (TPSA) is 52.1 Å².